The zero-order chi connectivity index (χ0) is 8.10. The second-order valence-corrected chi connectivity index (χ2v) is 2.33. The predicted octanol–water partition coefficient (Wildman–Crippen LogP) is 1.68. The van der Waals surface area contributed by atoms with Crippen molar-refractivity contribution in [2.24, 2.45) is 0 Å². The molecule has 1 heterocycles. The molecule has 1 aromatic heterocycles. The Morgan fingerprint density at radius 1 is 1.64 bits per heavy atom. The van der Waals surface area contributed by atoms with Gasteiger partial charge in [-0.05, 0) is 18.6 Å². The summed E-state index contributed by atoms with van der Waals surface area (Å²) in [6, 6.07) is 5.56. The molecule has 1 rings (SSSR count). The van der Waals surface area contributed by atoms with Crippen LogP contribution in [0, 0.1) is 0 Å². The van der Waals surface area contributed by atoms with Crippen LogP contribution >= 0.6 is 0 Å². The van der Waals surface area contributed by atoms with Crippen LogP contribution in [-0.2, 0) is 4.79 Å². The molecule has 0 bridgehead atoms. The first-order chi connectivity index (χ1) is 5.38. The van der Waals surface area contributed by atoms with E-state index in [1.165, 1.54) is 0 Å². The second-order valence-electron chi connectivity index (χ2n) is 2.33. The molecule has 1 aromatic rings. The quantitative estimate of drug-likeness (QED) is 0.652. The molecular weight excluding hydrogens is 138 g/mol. The summed E-state index contributed by atoms with van der Waals surface area (Å²) >= 11 is 0. The zero-order valence-corrected chi connectivity index (χ0v) is 6.45. The highest BCUT2D eigenvalue weighted by Crippen LogP contribution is 2.12. The van der Waals surface area contributed by atoms with Crippen molar-refractivity contribution in [1.29, 1.82) is 0 Å². The number of hydrogen-bond acceptors (Lipinski definition) is 2. The molecule has 0 spiro atoms. The fourth-order valence-corrected chi connectivity index (χ4v) is 0.935. The van der Waals surface area contributed by atoms with Crippen LogP contribution in [0.25, 0.3) is 0 Å². The Bertz CT molecular complexity index is 220. The van der Waals surface area contributed by atoms with Gasteiger partial charge in [-0.2, -0.15) is 0 Å². The number of rotatable bonds is 3. The molecule has 1 atom stereocenters. The molecule has 11 heavy (non-hydrogen) atoms. The standard InChI is InChI=1S/C9H10NO/c1-2-8(7-11)9-5-3-4-6-10-9/h3-6,8H,2H2,1H3. The molecule has 0 N–H and O–H groups in total. The van der Waals surface area contributed by atoms with Gasteiger partial charge < -0.3 is 0 Å². The largest absolute Gasteiger partial charge is 0.290 e. The first-order valence-electron chi connectivity index (χ1n) is 3.67. The van der Waals surface area contributed by atoms with Crippen LogP contribution in [0.5, 0.6) is 0 Å². The lowest BCUT2D eigenvalue weighted by Gasteiger charge is -2.03. The Balaban J connectivity index is 2.82. The Morgan fingerprint density at radius 2 is 2.45 bits per heavy atom. The van der Waals surface area contributed by atoms with E-state index in [0.717, 1.165) is 12.1 Å². The van der Waals surface area contributed by atoms with E-state index in [1.807, 2.05) is 31.4 Å². The van der Waals surface area contributed by atoms with Gasteiger partial charge in [0.25, 0.3) is 0 Å². The van der Waals surface area contributed by atoms with E-state index in [-0.39, 0.29) is 5.92 Å². The maximum absolute atomic E-state index is 10.4. The van der Waals surface area contributed by atoms with Crippen LogP contribution in [0.15, 0.2) is 24.4 Å². The van der Waals surface area contributed by atoms with E-state index in [9.17, 15) is 4.79 Å². The van der Waals surface area contributed by atoms with Crippen LogP contribution in [0.1, 0.15) is 25.0 Å². The van der Waals surface area contributed by atoms with E-state index >= 15 is 0 Å². The van der Waals surface area contributed by atoms with Gasteiger partial charge in [0.1, 0.15) is 0 Å². The summed E-state index contributed by atoms with van der Waals surface area (Å²) < 4.78 is 0. The highest BCUT2D eigenvalue weighted by Gasteiger charge is 2.08. The molecule has 1 radical (unpaired) electrons. The molecule has 0 saturated heterocycles. The van der Waals surface area contributed by atoms with Gasteiger partial charge in [0.15, 0.2) is 0 Å². The van der Waals surface area contributed by atoms with Crippen molar-refractivity contribution < 1.29 is 4.79 Å². The number of carbonyl (C=O) groups excluding carboxylic acids is 1. The minimum Gasteiger partial charge on any atom is -0.290 e. The van der Waals surface area contributed by atoms with Crippen LogP contribution in [-0.4, -0.2) is 11.3 Å². The Morgan fingerprint density at radius 3 is 2.91 bits per heavy atom. The average Bonchev–Trinajstić information content (AvgIpc) is 2.09. The second kappa shape index (κ2) is 3.86. The first-order valence-corrected chi connectivity index (χ1v) is 3.67. The lowest BCUT2D eigenvalue weighted by molar-refractivity contribution is 0.538. The average molecular weight is 148 g/mol. The fourth-order valence-electron chi connectivity index (χ4n) is 0.935. The van der Waals surface area contributed by atoms with Gasteiger partial charge in [-0.25, -0.2) is 0 Å². The smallest absolute Gasteiger partial charge is 0.208 e. The summed E-state index contributed by atoms with van der Waals surface area (Å²) in [7, 11) is 0. The van der Waals surface area contributed by atoms with Crippen molar-refractivity contribution in [1.82, 2.24) is 4.98 Å². The van der Waals surface area contributed by atoms with Crippen LogP contribution in [0.4, 0.5) is 0 Å². The SMILES string of the molecule is CCC([C]=O)c1ccccn1. The first kappa shape index (κ1) is 7.92. The zero-order valence-electron chi connectivity index (χ0n) is 6.45. The van der Waals surface area contributed by atoms with Gasteiger partial charge in [-0.15, -0.1) is 0 Å². The maximum atomic E-state index is 10.4. The predicted molar refractivity (Wildman–Crippen MR) is 43.0 cm³/mol. The number of hydrogen-bond donors (Lipinski definition) is 0. The Kier molecular flexibility index (Phi) is 2.78. The van der Waals surface area contributed by atoms with E-state index in [2.05, 4.69) is 4.98 Å². The summed E-state index contributed by atoms with van der Waals surface area (Å²) in [6.07, 6.45) is 4.41. The number of pyridine rings is 1. The minimum absolute atomic E-state index is 0.156. The molecule has 0 fully saturated rings. The van der Waals surface area contributed by atoms with E-state index < -0.39 is 0 Å². The van der Waals surface area contributed by atoms with Crippen molar-refractivity contribution in [2.75, 3.05) is 0 Å². The van der Waals surface area contributed by atoms with Crippen LogP contribution in [0.2, 0.25) is 0 Å². The molecule has 0 aliphatic carbocycles. The third-order valence-corrected chi connectivity index (χ3v) is 1.60. The van der Waals surface area contributed by atoms with E-state index in [1.54, 1.807) is 6.20 Å². The topological polar surface area (TPSA) is 30.0 Å². The number of aromatic nitrogens is 1. The van der Waals surface area contributed by atoms with Crippen molar-refractivity contribution in [3.63, 3.8) is 0 Å². The molecule has 0 aliphatic rings. The fraction of sp³-hybridized carbons (Fsp3) is 0.333. The van der Waals surface area contributed by atoms with Crippen molar-refractivity contribution in [2.45, 2.75) is 19.3 Å². The molecule has 1 unspecified atom stereocenters. The molecule has 2 nitrogen and oxygen atoms in total. The maximum Gasteiger partial charge on any atom is 0.208 e. The monoisotopic (exact) mass is 148 g/mol. The normalized spacial score (nSPS) is 12.5. The Hall–Kier alpha value is -1.18. The van der Waals surface area contributed by atoms with Crippen LogP contribution in [0.3, 0.4) is 0 Å². The third-order valence-electron chi connectivity index (χ3n) is 1.60. The van der Waals surface area contributed by atoms with E-state index in [4.69, 9.17) is 0 Å². The van der Waals surface area contributed by atoms with Crippen molar-refractivity contribution >= 4 is 6.29 Å². The summed E-state index contributed by atoms with van der Waals surface area (Å²) in [4.78, 5) is 14.4. The lowest BCUT2D eigenvalue weighted by atomic mass is 10.0. The van der Waals surface area contributed by atoms with Gasteiger partial charge in [0, 0.05) is 6.20 Å². The Labute approximate surface area is 66.3 Å². The highest BCUT2D eigenvalue weighted by atomic mass is 16.1. The minimum atomic E-state index is -0.156. The lowest BCUT2D eigenvalue weighted by Crippen LogP contribution is -1.99. The molecule has 0 saturated carbocycles. The summed E-state index contributed by atoms with van der Waals surface area (Å²) in [5.74, 6) is -0.156. The van der Waals surface area contributed by atoms with E-state index in [0.29, 0.717) is 0 Å². The van der Waals surface area contributed by atoms with Crippen LogP contribution < -0.4 is 0 Å². The van der Waals surface area contributed by atoms with Crippen molar-refractivity contribution in [3.8, 4) is 0 Å². The number of nitrogens with zero attached hydrogens (tertiary/aromatic N) is 1. The molecule has 0 aliphatic heterocycles. The third kappa shape index (κ3) is 1.87. The van der Waals surface area contributed by atoms with Gasteiger partial charge in [-0.3, -0.25) is 9.78 Å². The van der Waals surface area contributed by atoms with Gasteiger partial charge in [-0.1, -0.05) is 13.0 Å². The van der Waals surface area contributed by atoms with Gasteiger partial charge in [0.05, 0.1) is 11.6 Å². The molecule has 0 amide bonds. The summed E-state index contributed by atoms with van der Waals surface area (Å²) in [6.45, 7) is 1.95. The molecule has 0 aromatic carbocycles. The summed E-state index contributed by atoms with van der Waals surface area (Å²) in [5.41, 5.74) is 0.810. The van der Waals surface area contributed by atoms with Crippen molar-refractivity contribution in [3.05, 3.63) is 30.1 Å². The van der Waals surface area contributed by atoms with Gasteiger partial charge in [0.2, 0.25) is 6.29 Å². The summed E-state index contributed by atoms with van der Waals surface area (Å²) in [5, 5.41) is 0. The molecule has 57 valence electrons. The van der Waals surface area contributed by atoms with Gasteiger partial charge >= 0.3 is 0 Å². The highest BCUT2D eigenvalue weighted by molar-refractivity contribution is 5.61. The molecular formula is C9H10NO. The molecule has 2 heteroatoms.